The number of halogens is 1. The van der Waals surface area contributed by atoms with E-state index >= 15 is 0 Å². The standard InChI is InChI=1S/C24H25ClN2O3/c1-2-21(24(29)30-18-8-4-3-5-9-18)27-22(16-12-14-17(25)15-13-16)26-20-11-7-6-10-19(20)23(27)28/h6-7,10-15,18,21H,2-5,8-9H2,1H3. The van der Waals surface area contributed by atoms with Crippen LogP contribution in [0.1, 0.15) is 51.5 Å². The van der Waals surface area contributed by atoms with Crippen LogP contribution in [-0.2, 0) is 9.53 Å². The van der Waals surface area contributed by atoms with Gasteiger partial charge in [0.15, 0.2) is 0 Å². The highest BCUT2D eigenvalue weighted by atomic mass is 35.5. The van der Waals surface area contributed by atoms with E-state index in [0.29, 0.717) is 28.2 Å². The topological polar surface area (TPSA) is 61.2 Å². The first-order chi connectivity index (χ1) is 14.6. The number of nitrogens with zero attached hydrogens (tertiary/aromatic N) is 2. The van der Waals surface area contributed by atoms with Gasteiger partial charge in [-0.15, -0.1) is 0 Å². The number of esters is 1. The molecule has 2 aromatic carbocycles. The first-order valence-corrected chi connectivity index (χ1v) is 10.9. The molecule has 1 aromatic heterocycles. The van der Waals surface area contributed by atoms with Gasteiger partial charge in [-0.1, -0.05) is 37.1 Å². The molecule has 0 spiro atoms. The molecular formula is C24H25ClN2O3. The minimum absolute atomic E-state index is 0.0663. The molecule has 0 amide bonds. The Hall–Kier alpha value is -2.66. The lowest BCUT2D eigenvalue weighted by Gasteiger charge is -2.26. The van der Waals surface area contributed by atoms with E-state index in [0.717, 1.165) is 31.2 Å². The fraction of sp³-hybridized carbons (Fsp3) is 0.375. The molecule has 6 heteroatoms. The number of aromatic nitrogens is 2. The Bertz CT molecular complexity index is 1100. The van der Waals surface area contributed by atoms with Crippen molar-refractivity contribution < 1.29 is 9.53 Å². The van der Waals surface area contributed by atoms with E-state index in [-0.39, 0.29) is 17.6 Å². The number of para-hydroxylation sites is 1. The van der Waals surface area contributed by atoms with Crippen LogP contribution in [0.15, 0.2) is 53.3 Å². The fourth-order valence-corrected chi connectivity index (χ4v) is 4.24. The summed E-state index contributed by atoms with van der Waals surface area (Å²) in [5.41, 5.74) is 1.09. The molecule has 3 aromatic rings. The summed E-state index contributed by atoms with van der Waals surface area (Å²) in [6, 6.07) is 13.6. The molecular weight excluding hydrogens is 400 g/mol. The minimum Gasteiger partial charge on any atom is -0.461 e. The maximum atomic E-state index is 13.5. The zero-order valence-electron chi connectivity index (χ0n) is 17.0. The van der Waals surface area contributed by atoms with Crippen LogP contribution in [0.4, 0.5) is 0 Å². The number of hydrogen-bond donors (Lipinski definition) is 0. The van der Waals surface area contributed by atoms with Gasteiger partial charge in [0.05, 0.1) is 10.9 Å². The van der Waals surface area contributed by atoms with Gasteiger partial charge in [0.2, 0.25) is 0 Å². The molecule has 30 heavy (non-hydrogen) atoms. The van der Waals surface area contributed by atoms with Gasteiger partial charge < -0.3 is 4.74 Å². The average Bonchev–Trinajstić information content (AvgIpc) is 2.77. The summed E-state index contributed by atoms with van der Waals surface area (Å²) in [5, 5.41) is 1.08. The highest BCUT2D eigenvalue weighted by Crippen LogP contribution is 2.27. The second-order valence-electron chi connectivity index (χ2n) is 7.76. The molecule has 1 saturated carbocycles. The molecule has 1 aliphatic rings. The lowest BCUT2D eigenvalue weighted by Crippen LogP contribution is -2.35. The fourth-order valence-electron chi connectivity index (χ4n) is 4.12. The summed E-state index contributed by atoms with van der Waals surface area (Å²) in [7, 11) is 0. The van der Waals surface area contributed by atoms with E-state index in [2.05, 4.69) is 0 Å². The van der Waals surface area contributed by atoms with Crippen molar-refractivity contribution in [2.75, 3.05) is 0 Å². The molecule has 5 nitrogen and oxygen atoms in total. The number of ether oxygens (including phenoxy) is 1. The smallest absolute Gasteiger partial charge is 0.329 e. The van der Waals surface area contributed by atoms with Crippen LogP contribution < -0.4 is 5.56 Å². The van der Waals surface area contributed by atoms with Crippen molar-refractivity contribution in [3.05, 3.63) is 63.9 Å². The Labute approximate surface area is 180 Å². The second-order valence-corrected chi connectivity index (χ2v) is 8.19. The third-order valence-corrected chi connectivity index (χ3v) is 5.97. The Morgan fingerprint density at radius 3 is 2.53 bits per heavy atom. The van der Waals surface area contributed by atoms with Crippen molar-refractivity contribution in [2.45, 2.75) is 57.6 Å². The Morgan fingerprint density at radius 2 is 1.83 bits per heavy atom. The summed E-state index contributed by atoms with van der Waals surface area (Å²) < 4.78 is 7.33. The van der Waals surface area contributed by atoms with Crippen LogP contribution in [0.3, 0.4) is 0 Å². The molecule has 1 aliphatic carbocycles. The molecule has 1 atom stereocenters. The van der Waals surface area contributed by atoms with Crippen LogP contribution in [-0.4, -0.2) is 21.6 Å². The Morgan fingerprint density at radius 1 is 1.13 bits per heavy atom. The predicted octanol–water partition coefficient (Wildman–Crippen LogP) is 5.54. The molecule has 0 saturated heterocycles. The van der Waals surface area contributed by atoms with Crippen LogP contribution in [0.5, 0.6) is 0 Å². The van der Waals surface area contributed by atoms with Gasteiger partial charge in [-0.3, -0.25) is 9.36 Å². The second kappa shape index (κ2) is 9.00. The predicted molar refractivity (Wildman–Crippen MR) is 119 cm³/mol. The maximum Gasteiger partial charge on any atom is 0.329 e. The van der Waals surface area contributed by atoms with E-state index in [1.165, 1.54) is 11.0 Å². The van der Waals surface area contributed by atoms with Crippen LogP contribution in [0.2, 0.25) is 5.02 Å². The molecule has 0 N–H and O–H groups in total. The van der Waals surface area contributed by atoms with Crippen molar-refractivity contribution in [1.29, 1.82) is 0 Å². The van der Waals surface area contributed by atoms with E-state index in [1.54, 1.807) is 24.3 Å². The quantitative estimate of drug-likeness (QED) is 0.504. The normalized spacial score (nSPS) is 15.8. The van der Waals surface area contributed by atoms with Crippen LogP contribution >= 0.6 is 11.6 Å². The van der Waals surface area contributed by atoms with Crippen LogP contribution in [0, 0.1) is 0 Å². The summed E-state index contributed by atoms with van der Waals surface area (Å²) in [6.45, 7) is 1.89. The zero-order chi connectivity index (χ0) is 21.1. The Balaban J connectivity index is 1.83. The van der Waals surface area contributed by atoms with Gasteiger partial charge >= 0.3 is 5.97 Å². The first-order valence-electron chi connectivity index (χ1n) is 10.6. The lowest BCUT2D eigenvalue weighted by molar-refractivity contribution is -0.154. The van der Waals surface area contributed by atoms with Gasteiger partial charge in [0.1, 0.15) is 18.0 Å². The molecule has 0 aliphatic heterocycles. The number of carbonyl (C=O) groups excluding carboxylic acids is 1. The van der Waals surface area contributed by atoms with E-state index in [4.69, 9.17) is 21.3 Å². The number of hydrogen-bond acceptors (Lipinski definition) is 4. The Kier molecular flexibility index (Phi) is 6.18. The average molecular weight is 425 g/mol. The molecule has 1 fully saturated rings. The van der Waals surface area contributed by atoms with Crippen molar-refractivity contribution in [2.24, 2.45) is 0 Å². The molecule has 1 unspecified atom stereocenters. The number of benzene rings is 2. The van der Waals surface area contributed by atoms with Gasteiger partial charge in [-0.05, 0) is 68.5 Å². The number of carbonyl (C=O) groups is 1. The van der Waals surface area contributed by atoms with Crippen molar-refractivity contribution in [3.8, 4) is 11.4 Å². The highest BCUT2D eigenvalue weighted by molar-refractivity contribution is 6.30. The molecule has 0 bridgehead atoms. The van der Waals surface area contributed by atoms with Gasteiger partial charge in [0.25, 0.3) is 5.56 Å². The zero-order valence-corrected chi connectivity index (χ0v) is 17.8. The first kappa shape index (κ1) is 20.6. The van der Waals surface area contributed by atoms with Gasteiger partial charge in [-0.2, -0.15) is 0 Å². The highest BCUT2D eigenvalue weighted by Gasteiger charge is 2.29. The summed E-state index contributed by atoms with van der Waals surface area (Å²) in [6.07, 6.45) is 5.47. The van der Waals surface area contributed by atoms with E-state index in [1.807, 2.05) is 31.2 Å². The molecule has 1 heterocycles. The number of fused-ring (bicyclic) bond motifs is 1. The monoisotopic (exact) mass is 424 g/mol. The largest absolute Gasteiger partial charge is 0.461 e. The van der Waals surface area contributed by atoms with E-state index < -0.39 is 6.04 Å². The summed E-state index contributed by atoms with van der Waals surface area (Å²) >= 11 is 6.05. The lowest BCUT2D eigenvalue weighted by atomic mass is 9.98. The van der Waals surface area contributed by atoms with E-state index in [9.17, 15) is 9.59 Å². The van der Waals surface area contributed by atoms with Crippen LogP contribution in [0.25, 0.3) is 22.3 Å². The van der Waals surface area contributed by atoms with Crippen molar-refractivity contribution in [3.63, 3.8) is 0 Å². The summed E-state index contributed by atoms with van der Waals surface area (Å²) in [5.74, 6) is 0.0848. The van der Waals surface area contributed by atoms with Gasteiger partial charge in [-0.25, -0.2) is 9.78 Å². The maximum absolute atomic E-state index is 13.5. The SMILES string of the molecule is CCC(C(=O)OC1CCCCC1)n1c(-c2ccc(Cl)cc2)nc2ccccc2c1=O. The number of rotatable bonds is 5. The molecule has 0 radical (unpaired) electrons. The summed E-state index contributed by atoms with van der Waals surface area (Å²) in [4.78, 5) is 31.4. The molecule has 156 valence electrons. The van der Waals surface area contributed by atoms with Gasteiger partial charge in [0, 0.05) is 10.6 Å². The third-order valence-electron chi connectivity index (χ3n) is 5.72. The van der Waals surface area contributed by atoms with Crippen molar-refractivity contribution >= 4 is 28.5 Å². The third kappa shape index (κ3) is 4.12. The minimum atomic E-state index is -0.734. The van der Waals surface area contributed by atoms with Crippen molar-refractivity contribution in [1.82, 2.24) is 9.55 Å². The molecule has 4 rings (SSSR count).